The average Bonchev–Trinajstić information content (AvgIpc) is 2.57. The molecule has 1 aliphatic rings. The maximum absolute atomic E-state index is 12.1. The van der Waals surface area contributed by atoms with Crippen LogP contribution in [0.5, 0.6) is 0 Å². The van der Waals surface area contributed by atoms with E-state index in [2.05, 4.69) is 0 Å². The van der Waals surface area contributed by atoms with Crippen LogP contribution in [-0.4, -0.2) is 30.4 Å². The fourth-order valence-electron chi connectivity index (χ4n) is 2.33. The Kier molecular flexibility index (Phi) is 4.42. The SMILES string of the molecule is Cc1cc(B2OC(C)(C)C(C)(C)O2)cc(C(=O)OC(C)C)c1. The first-order valence-corrected chi connectivity index (χ1v) is 7.70. The third-order valence-corrected chi connectivity index (χ3v) is 4.20. The molecule has 1 aromatic rings. The Morgan fingerprint density at radius 3 is 2.14 bits per heavy atom. The number of hydrogen-bond donors (Lipinski definition) is 0. The molecule has 0 N–H and O–H groups in total. The van der Waals surface area contributed by atoms with Crippen LogP contribution in [0.4, 0.5) is 0 Å². The lowest BCUT2D eigenvalue weighted by molar-refractivity contribution is 0.00578. The van der Waals surface area contributed by atoms with Crippen LogP contribution in [0.2, 0.25) is 0 Å². The van der Waals surface area contributed by atoms with Crippen LogP contribution in [0.15, 0.2) is 18.2 Å². The van der Waals surface area contributed by atoms with Crippen molar-refractivity contribution in [3.05, 3.63) is 29.3 Å². The molecule has 0 unspecified atom stereocenters. The number of carbonyl (C=O) groups excluding carboxylic acids is 1. The lowest BCUT2D eigenvalue weighted by Crippen LogP contribution is -2.41. The van der Waals surface area contributed by atoms with Gasteiger partial charge in [-0.05, 0) is 66.1 Å². The quantitative estimate of drug-likeness (QED) is 0.636. The Bertz CT molecular complexity index is 562. The number of hydrogen-bond acceptors (Lipinski definition) is 4. The molecule has 0 aromatic heterocycles. The highest BCUT2D eigenvalue weighted by Crippen LogP contribution is 2.36. The Morgan fingerprint density at radius 1 is 1.09 bits per heavy atom. The molecule has 120 valence electrons. The molecule has 4 nitrogen and oxygen atoms in total. The van der Waals surface area contributed by atoms with Crippen LogP contribution in [0.3, 0.4) is 0 Å². The first-order chi connectivity index (χ1) is 10.0. The van der Waals surface area contributed by atoms with Gasteiger partial charge in [-0.3, -0.25) is 0 Å². The maximum atomic E-state index is 12.1. The molecule has 1 fully saturated rings. The zero-order valence-electron chi connectivity index (χ0n) is 14.5. The molecule has 22 heavy (non-hydrogen) atoms. The van der Waals surface area contributed by atoms with Gasteiger partial charge in [0.05, 0.1) is 22.9 Å². The zero-order valence-corrected chi connectivity index (χ0v) is 14.5. The van der Waals surface area contributed by atoms with E-state index in [1.54, 1.807) is 6.07 Å². The molecular formula is C17H25BO4. The molecule has 0 aliphatic carbocycles. The molecule has 0 bridgehead atoms. The normalized spacial score (nSPS) is 19.5. The van der Waals surface area contributed by atoms with Crippen LogP contribution < -0.4 is 5.46 Å². The van der Waals surface area contributed by atoms with Gasteiger partial charge in [-0.1, -0.05) is 11.6 Å². The third kappa shape index (κ3) is 3.36. The third-order valence-electron chi connectivity index (χ3n) is 4.20. The summed E-state index contributed by atoms with van der Waals surface area (Å²) in [6.45, 7) is 13.7. The highest BCUT2D eigenvalue weighted by molar-refractivity contribution is 6.62. The summed E-state index contributed by atoms with van der Waals surface area (Å²) < 4.78 is 17.4. The molecule has 0 atom stereocenters. The van der Waals surface area contributed by atoms with E-state index in [1.807, 2.05) is 60.6 Å². The molecule has 1 aliphatic heterocycles. The van der Waals surface area contributed by atoms with Gasteiger partial charge in [0.25, 0.3) is 0 Å². The smallest absolute Gasteiger partial charge is 0.459 e. The standard InChI is InChI=1S/C17H25BO4/c1-11(2)20-15(19)13-8-12(3)9-14(10-13)18-21-16(4,5)17(6,7)22-18/h8-11H,1-7H3. The number of esters is 1. The highest BCUT2D eigenvalue weighted by atomic mass is 16.7. The van der Waals surface area contributed by atoms with Gasteiger partial charge < -0.3 is 14.0 Å². The van der Waals surface area contributed by atoms with Gasteiger partial charge in [0.15, 0.2) is 0 Å². The molecule has 1 heterocycles. The number of benzene rings is 1. The second-order valence-corrected chi connectivity index (χ2v) is 7.17. The van der Waals surface area contributed by atoms with Gasteiger partial charge in [0, 0.05) is 0 Å². The monoisotopic (exact) mass is 304 g/mol. The van der Waals surface area contributed by atoms with Gasteiger partial charge in [-0.25, -0.2) is 4.79 Å². The molecule has 0 saturated carbocycles. The lowest BCUT2D eigenvalue weighted by Gasteiger charge is -2.32. The maximum Gasteiger partial charge on any atom is 0.494 e. The van der Waals surface area contributed by atoms with Crippen molar-refractivity contribution in [1.82, 2.24) is 0 Å². The summed E-state index contributed by atoms with van der Waals surface area (Å²) in [5.41, 5.74) is 1.54. The molecule has 5 heteroatoms. The summed E-state index contributed by atoms with van der Waals surface area (Å²) in [6.07, 6.45) is -0.145. The van der Waals surface area contributed by atoms with Gasteiger partial charge in [0.1, 0.15) is 0 Å². The first-order valence-electron chi connectivity index (χ1n) is 7.70. The summed E-state index contributed by atoms with van der Waals surface area (Å²) >= 11 is 0. The van der Waals surface area contributed by atoms with E-state index in [4.69, 9.17) is 14.0 Å². The average molecular weight is 304 g/mol. The predicted molar refractivity (Wildman–Crippen MR) is 87.4 cm³/mol. The van der Waals surface area contributed by atoms with Crippen molar-refractivity contribution in [2.24, 2.45) is 0 Å². The Balaban J connectivity index is 2.30. The first kappa shape index (κ1) is 17.0. The van der Waals surface area contributed by atoms with Gasteiger partial charge in [0.2, 0.25) is 0 Å². The fourth-order valence-corrected chi connectivity index (χ4v) is 2.33. The van der Waals surface area contributed by atoms with E-state index in [1.165, 1.54) is 0 Å². The van der Waals surface area contributed by atoms with E-state index in [0.29, 0.717) is 5.56 Å². The fraction of sp³-hybridized carbons (Fsp3) is 0.588. The Labute approximate surface area is 133 Å². The van der Waals surface area contributed by atoms with E-state index in [9.17, 15) is 4.79 Å². The second kappa shape index (κ2) is 5.71. The summed E-state index contributed by atoms with van der Waals surface area (Å²) in [5, 5.41) is 0. The van der Waals surface area contributed by atoms with E-state index in [-0.39, 0.29) is 12.1 Å². The summed E-state index contributed by atoms with van der Waals surface area (Å²) in [7, 11) is -0.476. The molecule has 0 radical (unpaired) electrons. The Hall–Kier alpha value is -1.33. The number of aryl methyl sites for hydroxylation is 1. The van der Waals surface area contributed by atoms with Crippen LogP contribution >= 0.6 is 0 Å². The van der Waals surface area contributed by atoms with Crippen molar-refractivity contribution >= 4 is 18.6 Å². The van der Waals surface area contributed by atoms with Crippen LogP contribution in [0, 0.1) is 6.92 Å². The van der Waals surface area contributed by atoms with E-state index < -0.39 is 18.3 Å². The van der Waals surface area contributed by atoms with E-state index >= 15 is 0 Å². The van der Waals surface area contributed by atoms with Crippen LogP contribution in [-0.2, 0) is 14.0 Å². The largest absolute Gasteiger partial charge is 0.494 e. The van der Waals surface area contributed by atoms with Crippen molar-refractivity contribution in [2.75, 3.05) is 0 Å². The van der Waals surface area contributed by atoms with Crippen molar-refractivity contribution in [3.63, 3.8) is 0 Å². The molecule has 1 aromatic carbocycles. The summed E-state index contributed by atoms with van der Waals surface area (Å²) in [6, 6.07) is 5.59. The highest BCUT2D eigenvalue weighted by Gasteiger charge is 2.51. The van der Waals surface area contributed by atoms with Crippen molar-refractivity contribution in [2.45, 2.75) is 65.8 Å². The van der Waals surface area contributed by atoms with E-state index in [0.717, 1.165) is 11.0 Å². The van der Waals surface area contributed by atoms with Gasteiger partial charge in [-0.2, -0.15) is 0 Å². The van der Waals surface area contributed by atoms with Crippen molar-refractivity contribution in [3.8, 4) is 0 Å². The molecule has 0 spiro atoms. The van der Waals surface area contributed by atoms with Gasteiger partial charge >= 0.3 is 13.1 Å². The Morgan fingerprint density at radius 2 is 1.64 bits per heavy atom. The molecular weight excluding hydrogens is 279 g/mol. The minimum atomic E-state index is -0.476. The van der Waals surface area contributed by atoms with Crippen LogP contribution in [0.1, 0.15) is 57.5 Å². The second-order valence-electron chi connectivity index (χ2n) is 7.17. The number of ether oxygens (including phenoxy) is 1. The number of rotatable bonds is 3. The zero-order chi connectivity index (χ0) is 16.7. The molecule has 2 rings (SSSR count). The summed E-state index contributed by atoms with van der Waals surface area (Å²) in [4.78, 5) is 12.1. The van der Waals surface area contributed by atoms with Crippen molar-refractivity contribution in [1.29, 1.82) is 0 Å². The van der Waals surface area contributed by atoms with Crippen LogP contribution in [0.25, 0.3) is 0 Å². The number of carbonyl (C=O) groups is 1. The molecule has 0 amide bonds. The van der Waals surface area contributed by atoms with Crippen molar-refractivity contribution < 1.29 is 18.8 Å². The predicted octanol–water partition coefficient (Wildman–Crippen LogP) is 2.86. The lowest BCUT2D eigenvalue weighted by atomic mass is 9.77. The molecule has 1 saturated heterocycles. The van der Waals surface area contributed by atoms with Gasteiger partial charge in [-0.15, -0.1) is 0 Å². The minimum Gasteiger partial charge on any atom is -0.459 e. The summed E-state index contributed by atoms with van der Waals surface area (Å²) in [5.74, 6) is -0.323. The minimum absolute atomic E-state index is 0.145. The topological polar surface area (TPSA) is 44.8 Å².